The van der Waals surface area contributed by atoms with E-state index in [4.69, 9.17) is 12.2 Å². The summed E-state index contributed by atoms with van der Waals surface area (Å²) in [5, 5.41) is 0. The Kier molecular flexibility index (Phi) is 12.6. The Balaban J connectivity index is 1.81. The molecule has 2 nitrogen and oxygen atoms in total. The molecule has 0 bridgehead atoms. The van der Waals surface area contributed by atoms with Gasteiger partial charge < -0.3 is 0 Å². The lowest BCUT2D eigenvalue weighted by atomic mass is 9.90. The van der Waals surface area contributed by atoms with Crippen LogP contribution in [-0.2, 0) is 12.8 Å². The Hall–Kier alpha value is -2.91. The molecule has 2 aromatic rings. The third-order valence-electron chi connectivity index (χ3n) is 5.44. The number of benzene rings is 1. The van der Waals surface area contributed by atoms with Gasteiger partial charge in [-0.25, -0.2) is 0 Å². The highest BCUT2D eigenvalue weighted by Gasteiger charge is 2.14. The van der Waals surface area contributed by atoms with Crippen LogP contribution in [0.5, 0.6) is 0 Å². The molecule has 2 rings (SSSR count). The fourth-order valence-electron chi connectivity index (χ4n) is 3.52. The van der Waals surface area contributed by atoms with Crippen LogP contribution in [0.25, 0.3) is 0 Å². The van der Waals surface area contributed by atoms with E-state index in [1.807, 2.05) is 49.8 Å². The molecule has 0 fully saturated rings. The second-order valence-corrected chi connectivity index (χ2v) is 8.63. The van der Waals surface area contributed by atoms with Gasteiger partial charge in [0.25, 0.3) is 0 Å². The second kappa shape index (κ2) is 15.8. The summed E-state index contributed by atoms with van der Waals surface area (Å²) in [6.45, 7) is 6.22. The molecule has 0 spiro atoms. The van der Waals surface area contributed by atoms with Crippen molar-refractivity contribution >= 4 is 23.3 Å². The van der Waals surface area contributed by atoms with E-state index in [-0.39, 0.29) is 5.92 Å². The SMILES string of the molecule is C/C=C(CCCc1ccc(CC(C(C)=S)c2ccncc2)cc1)/N=C/C=C/C=C\C=C/CC. The van der Waals surface area contributed by atoms with Crippen LogP contribution in [0.15, 0.2) is 102 Å². The molecule has 1 aromatic heterocycles. The quantitative estimate of drug-likeness (QED) is 0.172. The van der Waals surface area contributed by atoms with Crippen LogP contribution >= 0.6 is 12.2 Å². The molecule has 0 radical (unpaired) electrons. The van der Waals surface area contributed by atoms with Crippen LogP contribution in [-0.4, -0.2) is 16.1 Å². The lowest BCUT2D eigenvalue weighted by molar-refractivity contribution is 0.803. The summed E-state index contributed by atoms with van der Waals surface area (Å²) in [5.74, 6) is 0.251. The van der Waals surface area contributed by atoms with E-state index in [9.17, 15) is 0 Å². The molecule has 3 heteroatoms. The van der Waals surface area contributed by atoms with Gasteiger partial charge in [-0.05, 0) is 85.7 Å². The van der Waals surface area contributed by atoms with Gasteiger partial charge in [0.1, 0.15) is 0 Å². The first-order chi connectivity index (χ1) is 16.1. The highest BCUT2D eigenvalue weighted by Crippen LogP contribution is 2.23. The number of hydrogen-bond acceptors (Lipinski definition) is 3. The number of allylic oxidation sites excluding steroid dienone is 8. The maximum absolute atomic E-state index is 5.54. The molecule has 0 aliphatic carbocycles. The van der Waals surface area contributed by atoms with Crippen molar-refractivity contribution in [3.63, 3.8) is 0 Å². The first-order valence-corrected chi connectivity index (χ1v) is 12.2. The fraction of sp³-hybridized carbons (Fsp3) is 0.300. The molecule has 1 unspecified atom stereocenters. The Bertz CT molecular complexity index is 980. The van der Waals surface area contributed by atoms with Crippen molar-refractivity contribution in [1.82, 2.24) is 4.98 Å². The van der Waals surface area contributed by atoms with Gasteiger partial charge in [0.15, 0.2) is 0 Å². The number of pyridine rings is 1. The van der Waals surface area contributed by atoms with Crippen LogP contribution < -0.4 is 0 Å². The number of aromatic nitrogens is 1. The minimum atomic E-state index is 0.251. The smallest absolute Gasteiger partial charge is 0.0361 e. The van der Waals surface area contributed by atoms with Crippen molar-refractivity contribution in [1.29, 1.82) is 0 Å². The molecule has 0 amide bonds. The zero-order valence-electron chi connectivity index (χ0n) is 20.2. The highest BCUT2D eigenvalue weighted by atomic mass is 32.1. The van der Waals surface area contributed by atoms with Crippen LogP contribution in [0.2, 0.25) is 0 Å². The maximum atomic E-state index is 5.54. The number of thiocarbonyl (C=S) groups is 1. The number of nitrogens with zero attached hydrogens (tertiary/aromatic N) is 2. The van der Waals surface area contributed by atoms with E-state index in [1.54, 1.807) is 0 Å². The van der Waals surface area contributed by atoms with E-state index < -0.39 is 0 Å². The van der Waals surface area contributed by atoms with E-state index >= 15 is 0 Å². The normalized spacial score (nSPS) is 13.6. The number of rotatable bonds is 13. The Morgan fingerprint density at radius 2 is 1.64 bits per heavy atom. The largest absolute Gasteiger partial charge is 0.265 e. The Morgan fingerprint density at radius 3 is 2.30 bits per heavy atom. The average Bonchev–Trinajstić information content (AvgIpc) is 2.84. The average molecular weight is 457 g/mol. The summed E-state index contributed by atoms with van der Waals surface area (Å²) in [6, 6.07) is 13.1. The zero-order valence-corrected chi connectivity index (χ0v) is 21.0. The monoisotopic (exact) mass is 456 g/mol. The van der Waals surface area contributed by atoms with Crippen molar-refractivity contribution in [2.75, 3.05) is 0 Å². The van der Waals surface area contributed by atoms with Gasteiger partial charge in [-0.3, -0.25) is 9.98 Å². The van der Waals surface area contributed by atoms with Gasteiger partial charge in [0, 0.05) is 30.2 Å². The van der Waals surface area contributed by atoms with Crippen molar-refractivity contribution in [2.24, 2.45) is 4.99 Å². The molecular formula is C30H36N2S. The highest BCUT2D eigenvalue weighted by molar-refractivity contribution is 7.80. The minimum absolute atomic E-state index is 0.251. The minimum Gasteiger partial charge on any atom is -0.265 e. The van der Waals surface area contributed by atoms with Crippen LogP contribution in [0.1, 0.15) is 62.6 Å². The summed E-state index contributed by atoms with van der Waals surface area (Å²) in [5.41, 5.74) is 5.04. The molecule has 1 aromatic carbocycles. The van der Waals surface area contributed by atoms with Gasteiger partial charge in [-0.15, -0.1) is 0 Å². The predicted octanol–water partition coefficient (Wildman–Crippen LogP) is 8.17. The Labute approximate surface area is 205 Å². The van der Waals surface area contributed by atoms with E-state index in [2.05, 4.69) is 78.5 Å². The number of hydrogen-bond donors (Lipinski definition) is 0. The van der Waals surface area contributed by atoms with Crippen molar-refractivity contribution in [2.45, 2.75) is 58.8 Å². The maximum Gasteiger partial charge on any atom is 0.0361 e. The van der Waals surface area contributed by atoms with E-state index in [0.717, 1.165) is 42.7 Å². The fourth-order valence-corrected chi connectivity index (χ4v) is 3.74. The molecule has 0 saturated heterocycles. The molecule has 172 valence electrons. The second-order valence-electron chi connectivity index (χ2n) is 7.98. The van der Waals surface area contributed by atoms with Crippen molar-refractivity contribution in [3.8, 4) is 0 Å². The lowest BCUT2D eigenvalue weighted by Crippen LogP contribution is -2.10. The molecule has 1 atom stereocenters. The van der Waals surface area contributed by atoms with Gasteiger partial charge >= 0.3 is 0 Å². The summed E-state index contributed by atoms with van der Waals surface area (Å²) < 4.78 is 0. The first-order valence-electron chi connectivity index (χ1n) is 11.8. The molecule has 0 aliphatic rings. The summed E-state index contributed by atoms with van der Waals surface area (Å²) in [7, 11) is 0. The van der Waals surface area contributed by atoms with Crippen LogP contribution in [0, 0.1) is 0 Å². The van der Waals surface area contributed by atoms with Crippen molar-refractivity contribution in [3.05, 3.63) is 114 Å². The van der Waals surface area contributed by atoms with Gasteiger partial charge in [0.2, 0.25) is 0 Å². The Morgan fingerprint density at radius 1 is 0.970 bits per heavy atom. The van der Waals surface area contributed by atoms with Crippen molar-refractivity contribution < 1.29 is 0 Å². The molecular weight excluding hydrogens is 420 g/mol. The van der Waals surface area contributed by atoms with Gasteiger partial charge in [-0.2, -0.15) is 0 Å². The van der Waals surface area contributed by atoms with Gasteiger partial charge in [0.05, 0.1) is 0 Å². The molecule has 0 N–H and O–H groups in total. The summed E-state index contributed by atoms with van der Waals surface area (Å²) >= 11 is 5.54. The molecule has 1 heterocycles. The zero-order chi connectivity index (χ0) is 23.7. The lowest BCUT2D eigenvalue weighted by Gasteiger charge is -2.16. The predicted molar refractivity (Wildman–Crippen MR) is 148 cm³/mol. The first kappa shape index (κ1) is 26.3. The molecule has 0 saturated carbocycles. The topological polar surface area (TPSA) is 25.2 Å². The van der Waals surface area contributed by atoms with Gasteiger partial charge in [-0.1, -0.05) is 79.9 Å². The molecule has 0 aliphatic heterocycles. The molecule has 33 heavy (non-hydrogen) atoms. The number of aliphatic imine (C=N–C) groups is 1. The van der Waals surface area contributed by atoms with E-state index in [1.165, 1.54) is 16.7 Å². The third kappa shape index (κ3) is 10.5. The standard InChI is InChI=1S/C30H36N2S/c1-4-6-7-8-9-10-11-21-32-29(5-2)14-12-13-26-15-17-27(18-16-26)24-30(25(3)33)28-19-22-31-23-20-28/h5-11,15-23,30H,4,12-14,24H2,1-3H3/b7-6-,9-8-,11-10+,29-5+,32-21+. The summed E-state index contributed by atoms with van der Waals surface area (Å²) in [4.78, 5) is 9.72. The third-order valence-corrected chi connectivity index (χ3v) is 5.72. The summed E-state index contributed by atoms with van der Waals surface area (Å²) in [6.07, 6.45) is 25.0. The van der Waals surface area contributed by atoms with E-state index in [0.29, 0.717) is 0 Å². The van der Waals surface area contributed by atoms with Crippen LogP contribution in [0.3, 0.4) is 0 Å². The number of aryl methyl sites for hydroxylation is 1. The van der Waals surface area contributed by atoms with Crippen LogP contribution in [0.4, 0.5) is 0 Å².